The molecule has 2 aromatic rings. The van der Waals surface area contributed by atoms with Crippen molar-refractivity contribution in [2.24, 2.45) is 11.1 Å². The molecule has 4 rings (SSSR count). The summed E-state index contributed by atoms with van der Waals surface area (Å²) in [4.78, 5) is 14.9. The van der Waals surface area contributed by atoms with E-state index in [1.54, 1.807) is 17.0 Å². The molecule has 1 amide bonds. The third-order valence-electron chi connectivity index (χ3n) is 5.52. The van der Waals surface area contributed by atoms with E-state index in [-0.39, 0.29) is 4.90 Å². The first-order valence-electron chi connectivity index (χ1n) is 9.17. The Hall–Kier alpha value is -2.26. The standard InChI is InChI=1S/C20H22N2O5S/c21-28(25,26)16-7-5-15(6-8-16)20(24)17-3-1-2-4-18(17)22(19(20)23)13-14-9-11-27-12-10-14/h1-8,14,24H,9-13H2,(H2,21,25,26). The Morgan fingerprint density at radius 1 is 1.11 bits per heavy atom. The molecule has 148 valence electrons. The highest BCUT2D eigenvalue weighted by Crippen LogP contribution is 2.45. The number of nitrogens with two attached hydrogens (primary N) is 1. The zero-order chi connectivity index (χ0) is 19.9. The first-order valence-corrected chi connectivity index (χ1v) is 10.7. The number of rotatable bonds is 4. The summed E-state index contributed by atoms with van der Waals surface area (Å²) in [7, 11) is -3.86. The van der Waals surface area contributed by atoms with Gasteiger partial charge in [0, 0.05) is 25.3 Å². The topological polar surface area (TPSA) is 110 Å². The Bertz CT molecular complexity index is 1000. The monoisotopic (exact) mass is 402 g/mol. The Labute approximate surface area is 163 Å². The number of carbonyl (C=O) groups excluding carboxylic acids is 1. The average Bonchev–Trinajstić information content (AvgIpc) is 2.91. The van der Waals surface area contributed by atoms with Crippen LogP contribution < -0.4 is 10.0 Å². The van der Waals surface area contributed by atoms with Gasteiger partial charge in [-0.2, -0.15) is 0 Å². The molecule has 0 aromatic heterocycles. The minimum absolute atomic E-state index is 0.0716. The number of fused-ring (bicyclic) bond motifs is 1. The van der Waals surface area contributed by atoms with Crippen LogP contribution in [0.3, 0.4) is 0 Å². The second-order valence-corrected chi connectivity index (χ2v) is 8.83. The van der Waals surface area contributed by atoms with Crippen molar-refractivity contribution in [3.63, 3.8) is 0 Å². The van der Waals surface area contributed by atoms with Crippen molar-refractivity contribution < 1.29 is 23.1 Å². The van der Waals surface area contributed by atoms with Crippen molar-refractivity contribution in [3.05, 3.63) is 59.7 Å². The Kier molecular flexibility index (Phi) is 4.75. The number of benzene rings is 2. The van der Waals surface area contributed by atoms with Crippen molar-refractivity contribution >= 4 is 21.6 Å². The van der Waals surface area contributed by atoms with Gasteiger partial charge < -0.3 is 14.7 Å². The molecule has 7 nitrogen and oxygen atoms in total. The van der Waals surface area contributed by atoms with E-state index in [0.717, 1.165) is 12.8 Å². The number of primary sulfonamides is 1. The minimum atomic E-state index is -3.86. The molecule has 2 aliphatic heterocycles. The van der Waals surface area contributed by atoms with Crippen LogP contribution in [-0.2, 0) is 25.2 Å². The Morgan fingerprint density at radius 2 is 1.75 bits per heavy atom. The summed E-state index contributed by atoms with van der Waals surface area (Å²) in [5.41, 5.74) is -0.377. The Morgan fingerprint density at radius 3 is 2.39 bits per heavy atom. The molecule has 0 aliphatic carbocycles. The van der Waals surface area contributed by atoms with Gasteiger partial charge in [0.1, 0.15) is 0 Å². The van der Waals surface area contributed by atoms with E-state index in [2.05, 4.69) is 0 Å². The fraction of sp³-hybridized carbons (Fsp3) is 0.350. The number of aliphatic hydroxyl groups is 1. The number of ether oxygens (including phenoxy) is 1. The summed E-state index contributed by atoms with van der Waals surface area (Å²) in [6, 6.07) is 12.6. The number of hydrogen-bond donors (Lipinski definition) is 2. The van der Waals surface area contributed by atoms with Crippen LogP contribution in [0.2, 0.25) is 0 Å². The van der Waals surface area contributed by atoms with Gasteiger partial charge in [0.25, 0.3) is 5.91 Å². The van der Waals surface area contributed by atoms with E-state index in [0.29, 0.717) is 42.5 Å². The minimum Gasteiger partial charge on any atom is -0.381 e. The lowest BCUT2D eigenvalue weighted by atomic mass is 9.87. The number of anilines is 1. The number of amides is 1. The molecule has 2 heterocycles. The third-order valence-corrected chi connectivity index (χ3v) is 6.45. The van der Waals surface area contributed by atoms with Crippen LogP contribution in [0.4, 0.5) is 5.69 Å². The summed E-state index contributed by atoms with van der Waals surface area (Å²) in [5.74, 6) is -0.124. The molecule has 8 heteroatoms. The van der Waals surface area contributed by atoms with Crippen LogP contribution in [-0.4, -0.2) is 39.2 Å². The lowest BCUT2D eigenvalue weighted by Gasteiger charge is -2.29. The van der Waals surface area contributed by atoms with Crippen molar-refractivity contribution in [1.82, 2.24) is 0 Å². The van der Waals surface area contributed by atoms with Crippen LogP contribution >= 0.6 is 0 Å². The zero-order valence-corrected chi connectivity index (χ0v) is 16.1. The zero-order valence-electron chi connectivity index (χ0n) is 15.2. The number of para-hydroxylation sites is 1. The molecule has 2 aliphatic rings. The third kappa shape index (κ3) is 3.12. The van der Waals surface area contributed by atoms with Crippen LogP contribution in [0, 0.1) is 5.92 Å². The molecular weight excluding hydrogens is 380 g/mol. The van der Waals surface area contributed by atoms with E-state index in [9.17, 15) is 18.3 Å². The summed E-state index contributed by atoms with van der Waals surface area (Å²) in [6.45, 7) is 1.86. The van der Waals surface area contributed by atoms with Crippen molar-refractivity contribution in [3.8, 4) is 0 Å². The summed E-state index contributed by atoms with van der Waals surface area (Å²) >= 11 is 0. The number of hydrogen-bond acceptors (Lipinski definition) is 5. The molecule has 1 saturated heterocycles. The predicted molar refractivity (Wildman–Crippen MR) is 103 cm³/mol. The highest BCUT2D eigenvalue weighted by Gasteiger charge is 2.51. The first kappa shape index (κ1) is 19.1. The SMILES string of the molecule is NS(=O)(=O)c1ccc(C2(O)C(=O)N(CC3CCOCC3)c3ccccc32)cc1. The quantitative estimate of drug-likeness (QED) is 0.802. The lowest BCUT2D eigenvalue weighted by molar-refractivity contribution is -0.132. The van der Waals surface area contributed by atoms with Gasteiger partial charge in [-0.1, -0.05) is 30.3 Å². The summed E-state index contributed by atoms with van der Waals surface area (Å²) in [5, 5.41) is 16.6. The summed E-state index contributed by atoms with van der Waals surface area (Å²) in [6.07, 6.45) is 1.74. The second kappa shape index (κ2) is 6.97. The maximum atomic E-state index is 13.3. The molecule has 0 saturated carbocycles. The van der Waals surface area contributed by atoms with E-state index < -0.39 is 21.5 Å². The first-order chi connectivity index (χ1) is 13.3. The van der Waals surface area contributed by atoms with Gasteiger partial charge in [-0.3, -0.25) is 4.79 Å². The van der Waals surface area contributed by atoms with Crippen LogP contribution in [0.5, 0.6) is 0 Å². The molecule has 28 heavy (non-hydrogen) atoms. The van der Waals surface area contributed by atoms with Crippen molar-refractivity contribution in [2.45, 2.75) is 23.3 Å². The molecule has 0 bridgehead atoms. The van der Waals surface area contributed by atoms with E-state index >= 15 is 0 Å². The number of nitrogens with zero attached hydrogens (tertiary/aromatic N) is 1. The smallest absolute Gasteiger partial charge is 0.268 e. The Balaban J connectivity index is 1.73. The van der Waals surface area contributed by atoms with Gasteiger partial charge in [0.15, 0.2) is 5.60 Å². The van der Waals surface area contributed by atoms with Gasteiger partial charge in [-0.25, -0.2) is 13.6 Å². The van der Waals surface area contributed by atoms with Gasteiger partial charge in [0.2, 0.25) is 10.0 Å². The van der Waals surface area contributed by atoms with Gasteiger partial charge in [-0.05, 0) is 42.5 Å². The predicted octanol–water partition coefficient (Wildman–Crippen LogP) is 1.34. The number of sulfonamides is 1. The largest absolute Gasteiger partial charge is 0.381 e. The maximum absolute atomic E-state index is 13.3. The highest BCUT2D eigenvalue weighted by atomic mass is 32.2. The van der Waals surface area contributed by atoms with E-state index in [4.69, 9.17) is 9.88 Å². The normalized spacial score (nSPS) is 23.1. The van der Waals surface area contributed by atoms with Crippen LogP contribution in [0.1, 0.15) is 24.0 Å². The fourth-order valence-electron chi connectivity index (χ4n) is 3.97. The van der Waals surface area contributed by atoms with Gasteiger partial charge >= 0.3 is 0 Å². The van der Waals surface area contributed by atoms with E-state index in [1.165, 1.54) is 24.3 Å². The maximum Gasteiger partial charge on any atom is 0.268 e. The molecule has 2 aromatic carbocycles. The highest BCUT2D eigenvalue weighted by molar-refractivity contribution is 7.89. The average molecular weight is 402 g/mol. The fourth-order valence-corrected chi connectivity index (χ4v) is 4.48. The summed E-state index contributed by atoms with van der Waals surface area (Å²) < 4.78 is 28.4. The molecule has 3 N–H and O–H groups in total. The molecule has 0 spiro atoms. The van der Waals surface area contributed by atoms with Gasteiger partial charge in [0.05, 0.1) is 10.6 Å². The van der Waals surface area contributed by atoms with Gasteiger partial charge in [-0.15, -0.1) is 0 Å². The van der Waals surface area contributed by atoms with Crippen molar-refractivity contribution in [1.29, 1.82) is 0 Å². The molecular formula is C20H22N2O5S. The molecule has 0 radical (unpaired) electrons. The molecule has 1 atom stereocenters. The second-order valence-electron chi connectivity index (χ2n) is 7.27. The molecule has 1 unspecified atom stereocenters. The number of carbonyl (C=O) groups is 1. The lowest BCUT2D eigenvalue weighted by Crippen LogP contribution is -2.43. The van der Waals surface area contributed by atoms with Crippen molar-refractivity contribution in [2.75, 3.05) is 24.7 Å². The van der Waals surface area contributed by atoms with E-state index in [1.807, 2.05) is 12.1 Å². The molecule has 1 fully saturated rings. The van der Waals surface area contributed by atoms with Crippen LogP contribution in [0.25, 0.3) is 0 Å². The van der Waals surface area contributed by atoms with Crippen LogP contribution in [0.15, 0.2) is 53.4 Å².